The minimum Gasteiger partial charge on any atom is -0.393 e. The van der Waals surface area contributed by atoms with Crippen molar-refractivity contribution in [2.24, 2.45) is 0 Å². The van der Waals surface area contributed by atoms with Crippen LogP contribution in [0.1, 0.15) is 129 Å². The lowest BCUT2D eigenvalue weighted by molar-refractivity contribution is 0.147. The second-order valence-electron chi connectivity index (χ2n) is 8.19. The second-order valence-corrected chi connectivity index (χ2v) is 9.88. The topological polar surface area (TPSA) is 74.6 Å². The maximum Gasteiger partial charge on any atom is 0.267 e. The molecule has 0 radical (unpaired) electrons. The predicted octanol–water partition coefficient (Wildman–Crippen LogP) is 6.67. The third-order valence-electron chi connectivity index (χ3n) is 5.49. The lowest BCUT2D eigenvalue weighted by Gasteiger charge is -2.15. The average Bonchev–Trinajstić information content (AvgIpc) is 2.61. The van der Waals surface area contributed by atoms with Crippen LogP contribution in [0.3, 0.4) is 0 Å². The molecule has 0 aromatic carbocycles. The summed E-state index contributed by atoms with van der Waals surface area (Å²) in [4.78, 5) is 0. The molecule has 5 heteroatoms. The number of unbranched alkanes of at least 4 members (excludes halogenated alkanes) is 12. The Hall–Kier alpha value is -0.130. The third kappa shape index (κ3) is 17.7. The van der Waals surface area contributed by atoms with Gasteiger partial charge in [0, 0.05) is 0 Å². The Balaban J connectivity index is 3.46. The van der Waals surface area contributed by atoms with Gasteiger partial charge in [-0.15, -0.1) is 0 Å². The van der Waals surface area contributed by atoms with Crippen molar-refractivity contribution in [3.63, 3.8) is 0 Å². The standard InChI is InChI=1S/C22H46O4S/c1-3-5-6-7-8-9-10-11-12-13-14-15-16-18-21(23)19-20-22(17-4-2)27(24,25)26/h21-23H,3-20H2,1-2H3,(H,24,25,26). The van der Waals surface area contributed by atoms with Crippen LogP contribution in [0.2, 0.25) is 0 Å². The van der Waals surface area contributed by atoms with Crippen LogP contribution in [0.15, 0.2) is 0 Å². The van der Waals surface area contributed by atoms with E-state index in [1.165, 1.54) is 70.6 Å². The van der Waals surface area contributed by atoms with Crippen molar-refractivity contribution in [3.05, 3.63) is 0 Å². The van der Waals surface area contributed by atoms with Gasteiger partial charge in [0.1, 0.15) is 0 Å². The summed E-state index contributed by atoms with van der Waals surface area (Å²) >= 11 is 0. The van der Waals surface area contributed by atoms with Gasteiger partial charge in [-0.25, -0.2) is 0 Å². The van der Waals surface area contributed by atoms with Gasteiger partial charge in [0.2, 0.25) is 0 Å². The van der Waals surface area contributed by atoms with Crippen LogP contribution in [0.25, 0.3) is 0 Å². The summed E-state index contributed by atoms with van der Waals surface area (Å²) in [6.07, 6.45) is 19.3. The van der Waals surface area contributed by atoms with Gasteiger partial charge in [0.05, 0.1) is 11.4 Å². The fourth-order valence-corrected chi connectivity index (χ4v) is 4.65. The first-order valence-electron chi connectivity index (χ1n) is 11.6. The maximum absolute atomic E-state index is 11.3. The summed E-state index contributed by atoms with van der Waals surface area (Å²) in [6, 6.07) is 0. The number of hydrogen-bond acceptors (Lipinski definition) is 3. The Morgan fingerprint density at radius 2 is 1.04 bits per heavy atom. The fourth-order valence-electron chi connectivity index (χ4n) is 3.68. The molecule has 27 heavy (non-hydrogen) atoms. The zero-order valence-corrected chi connectivity index (χ0v) is 18.8. The van der Waals surface area contributed by atoms with E-state index in [1.807, 2.05) is 6.92 Å². The quantitative estimate of drug-likeness (QED) is 0.175. The zero-order chi connectivity index (χ0) is 20.4. The van der Waals surface area contributed by atoms with Gasteiger partial charge >= 0.3 is 0 Å². The molecule has 0 bridgehead atoms. The average molecular weight is 407 g/mol. The summed E-state index contributed by atoms with van der Waals surface area (Å²) in [5, 5.41) is 9.31. The highest BCUT2D eigenvalue weighted by Crippen LogP contribution is 2.18. The Morgan fingerprint density at radius 1 is 0.593 bits per heavy atom. The molecule has 0 saturated heterocycles. The van der Waals surface area contributed by atoms with Crippen molar-refractivity contribution in [2.45, 2.75) is 141 Å². The van der Waals surface area contributed by atoms with E-state index in [-0.39, 0.29) is 0 Å². The molecule has 2 atom stereocenters. The first-order chi connectivity index (χ1) is 12.9. The normalized spacial score (nSPS) is 14.4. The first kappa shape index (κ1) is 26.9. The highest BCUT2D eigenvalue weighted by atomic mass is 32.2. The fraction of sp³-hybridized carbons (Fsp3) is 1.00. The Kier molecular flexibility index (Phi) is 17.8. The van der Waals surface area contributed by atoms with Gasteiger partial charge in [-0.3, -0.25) is 4.55 Å². The van der Waals surface area contributed by atoms with E-state index in [2.05, 4.69) is 6.92 Å². The molecule has 164 valence electrons. The van der Waals surface area contributed by atoms with E-state index in [0.717, 1.165) is 25.7 Å². The highest BCUT2D eigenvalue weighted by Gasteiger charge is 2.22. The Morgan fingerprint density at radius 3 is 1.44 bits per heavy atom. The largest absolute Gasteiger partial charge is 0.393 e. The van der Waals surface area contributed by atoms with E-state index in [1.54, 1.807) is 0 Å². The van der Waals surface area contributed by atoms with Gasteiger partial charge < -0.3 is 5.11 Å². The summed E-state index contributed by atoms with van der Waals surface area (Å²) in [5.74, 6) is 0. The molecule has 0 spiro atoms. The second kappa shape index (κ2) is 17.9. The summed E-state index contributed by atoms with van der Waals surface area (Å²) in [7, 11) is -3.98. The van der Waals surface area contributed by atoms with Gasteiger partial charge in [0.25, 0.3) is 10.1 Å². The van der Waals surface area contributed by atoms with Gasteiger partial charge in [0.15, 0.2) is 0 Å². The molecule has 2 unspecified atom stereocenters. The van der Waals surface area contributed by atoms with Gasteiger partial charge in [-0.1, -0.05) is 104 Å². The lowest BCUT2D eigenvalue weighted by atomic mass is 10.0. The van der Waals surface area contributed by atoms with E-state index in [4.69, 9.17) is 0 Å². The molecule has 0 amide bonds. The summed E-state index contributed by atoms with van der Waals surface area (Å²) in [6.45, 7) is 4.16. The van der Waals surface area contributed by atoms with Crippen molar-refractivity contribution >= 4 is 10.1 Å². The molecule has 0 saturated carbocycles. The van der Waals surface area contributed by atoms with E-state index >= 15 is 0 Å². The van der Waals surface area contributed by atoms with Crippen LogP contribution in [-0.2, 0) is 10.1 Å². The van der Waals surface area contributed by atoms with Crippen molar-refractivity contribution < 1.29 is 18.1 Å². The molecular weight excluding hydrogens is 360 g/mol. The Labute approximate surface area is 169 Å². The molecule has 0 aromatic rings. The minimum absolute atomic E-state index is 0.353. The molecule has 2 N–H and O–H groups in total. The first-order valence-corrected chi connectivity index (χ1v) is 13.1. The molecule has 0 aliphatic rings. The van der Waals surface area contributed by atoms with Crippen molar-refractivity contribution in [1.82, 2.24) is 0 Å². The van der Waals surface area contributed by atoms with Crippen LogP contribution >= 0.6 is 0 Å². The number of aliphatic hydroxyl groups is 1. The summed E-state index contributed by atoms with van der Waals surface area (Å²) in [5.41, 5.74) is 0. The van der Waals surface area contributed by atoms with Crippen LogP contribution in [0, 0.1) is 0 Å². The molecule has 0 fully saturated rings. The third-order valence-corrected chi connectivity index (χ3v) is 6.81. The Bertz CT molecular complexity index is 409. The number of hydrogen-bond donors (Lipinski definition) is 2. The van der Waals surface area contributed by atoms with E-state index in [0.29, 0.717) is 19.3 Å². The van der Waals surface area contributed by atoms with Gasteiger partial charge in [-0.05, 0) is 25.7 Å². The number of aliphatic hydroxyl groups excluding tert-OH is 1. The van der Waals surface area contributed by atoms with Crippen molar-refractivity contribution in [3.8, 4) is 0 Å². The lowest BCUT2D eigenvalue weighted by Crippen LogP contribution is -2.22. The van der Waals surface area contributed by atoms with Gasteiger partial charge in [-0.2, -0.15) is 8.42 Å². The van der Waals surface area contributed by atoms with Crippen molar-refractivity contribution in [2.75, 3.05) is 0 Å². The minimum atomic E-state index is -3.98. The summed E-state index contributed by atoms with van der Waals surface area (Å²) < 4.78 is 31.8. The van der Waals surface area contributed by atoms with Crippen molar-refractivity contribution in [1.29, 1.82) is 0 Å². The molecule has 0 aliphatic carbocycles. The molecule has 0 aliphatic heterocycles. The van der Waals surface area contributed by atoms with E-state index < -0.39 is 21.5 Å². The molecule has 4 nitrogen and oxygen atoms in total. The number of rotatable bonds is 20. The molecule has 0 heterocycles. The van der Waals surface area contributed by atoms with Crippen LogP contribution in [-0.4, -0.2) is 29.4 Å². The maximum atomic E-state index is 11.3. The highest BCUT2D eigenvalue weighted by molar-refractivity contribution is 7.86. The van der Waals surface area contributed by atoms with Crippen LogP contribution < -0.4 is 0 Å². The predicted molar refractivity (Wildman–Crippen MR) is 116 cm³/mol. The monoisotopic (exact) mass is 406 g/mol. The molecular formula is C22H46O4S. The molecule has 0 rings (SSSR count). The van der Waals surface area contributed by atoms with E-state index in [9.17, 15) is 18.1 Å². The SMILES string of the molecule is CCCCCCCCCCCCCCCC(O)CCC(CCC)S(=O)(=O)O. The molecule has 0 aromatic heterocycles. The zero-order valence-electron chi connectivity index (χ0n) is 18.0. The van der Waals surface area contributed by atoms with Crippen LogP contribution in [0.5, 0.6) is 0 Å². The smallest absolute Gasteiger partial charge is 0.267 e. The van der Waals surface area contributed by atoms with Crippen LogP contribution in [0.4, 0.5) is 0 Å².